The first kappa shape index (κ1) is 15.6. The van der Waals surface area contributed by atoms with Gasteiger partial charge in [0.25, 0.3) is 0 Å². The molecule has 0 aliphatic carbocycles. The third-order valence-corrected chi connectivity index (χ3v) is 3.39. The number of esters is 1. The highest BCUT2D eigenvalue weighted by Gasteiger charge is 2.15. The number of carbonyl (C=O) groups is 1. The largest absolute Gasteiger partial charge is 0.462 e. The number of carbonyl (C=O) groups excluding carboxylic acids is 1. The van der Waals surface area contributed by atoms with Crippen molar-refractivity contribution in [3.63, 3.8) is 0 Å². The van der Waals surface area contributed by atoms with Crippen molar-refractivity contribution in [2.24, 2.45) is 0 Å². The van der Waals surface area contributed by atoms with Crippen LogP contribution in [0, 0.1) is 0 Å². The molecule has 7 heteroatoms. The number of nitrogen functional groups attached to an aromatic ring is 1. The number of pyridine rings is 1. The van der Waals surface area contributed by atoms with Crippen LogP contribution in [0.5, 0.6) is 0 Å². The van der Waals surface area contributed by atoms with E-state index >= 15 is 0 Å². The second-order valence-electron chi connectivity index (χ2n) is 4.13. The summed E-state index contributed by atoms with van der Waals surface area (Å²) in [6.45, 7) is 2.00. The first-order valence-electron chi connectivity index (χ1n) is 6.16. The molecule has 21 heavy (non-hydrogen) atoms. The smallest absolute Gasteiger partial charge is 0.341 e. The standard InChI is InChI=1S/C14H13BrClN3O2/c1-2-21-14(20)10-6-9(17)7-18-13(10)19-12-4-3-8(15)5-11(12)16/h3-7H,2,17H2,1H3,(H,18,19). The number of hydrogen-bond acceptors (Lipinski definition) is 5. The van der Waals surface area contributed by atoms with Gasteiger partial charge in [0.05, 0.1) is 29.2 Å². The minimum atomic E-state index is -0.493. The van der Waals surface area contributed by atoms with E-state index in [0.29, 0.717) is 22.2 Å². The van der Waals surface area contributed by atoms with Gasteiger partial charge in [-0.3, -0.25) is 0 Å². The van der Waals surface area contributed by atoms with Crippen LogP contribution in [0.3, 0.4) is 0 Å². The summed E-state index contributed by atoms with van der Waals surface area (Å²) in [4.78, 5) is 16.1. The normalized spacial score (nSPS) is 10.2. The van der Waals surface area contributed by atoms with Gasteiger partial charge in [0.15, 0.2) is 0 Å². The van der Waals surface area contributed by atoms with Crippen molar-refractivity contribution < 1.29 is 9.53 Å². The highest BCUT2D eigenvalue weighted by molar-refractivity contribution is 9.10. The zero-order valence-corrected chi connectivity index (χ0v) is 13.5. The molecular weight excluding hydrogens is 358 g/mol. The van der Waals surface area contributed by atoms with Gasteiger partial charge in [-0.2, -0.15) is 0 Å². The van der Waals surface area contributed by atoms with E-state index in [-0.39, 0.29) is 12.2 Å². The lowest BCUT2D eigenvalue weighted by Gasteiger charge is -2.12. The first-order valence-corrected chi connectivity index (χ1v) is 7.33. The Morgan fingerprint density at radius 1 is 1.48 bits per heavy atom. The molecule has 0 radical (unpaired) electrons. The molecule has 0 atom stereocenters. The van der Waals surface area contributed by atoms with E-state index in [4.69, 9.17) is 22.1 Å². The van der Waals surface area contributed by atoms with Gasteiger partial charge in [-0.25, -0.2) is 9.78 Å². The van der Waals surface area contributed by atoms with Crippen LogP contribution in [-0.2, 0) is 4.74 Å². The van der Waals surface area contributed by atoms with E-state index in [0.717, 1.165) is 4.47 Å². The topological polar surface area (TPSA) is 77.2 Å². The maximum atomic E-state index is 11.9. The van der Waals surface area contributed by atoms with E-state index < -0.39 is 5.97 Å². The molecule has 1 aromatic carbocycles. The third kappa shape index (κ3) is 3.86. The number of anilines is 3. The van der Waals surface area contributed by atoms with Crippen LogP contribution in [0.15, 0.2) is 34.9 Å². The number of hydrogen-bond donors (Lipinski definition) is 2. The summed E-state index contributed by atoms with van der Waals surface area (Å²) < 4.78 is 5.85. The van der Waals surface area contributed by atoms with Gasteiger partial charge in [0.1, 0.15) is 11.4 Å². The second kappa shape index (κ2) is 6.78. The maximum Gasteiger partial charge on any atom is 0.341 e. The number of benzene rings is 1. The predicted octanol–water partition coefficient (Wildman–Crippen LogP) is 4.00. The third-order valence-electron chi connectivity index (χ3n) is 2.59. The van der Waals surface area contributed by atoms with Crippen molar-refractivity contribution in [3.05, 3.63) is 45.5 Å². The van der Waals surface area contributed by atoms with Gasteiger partial charge >= 0.3 is 5.97 Å². The van der Waals surface area contributed by atoms with E-state index in [1.165, 1.54) is 12.3 Å². The fraction of sp³-hybridized carbons (Fsp3) is 0.143. The Bertz CT molecular complexity index is 679. The van der Waals surface area contributed by atoms with Gasteiger partial charge in [-0.1, -0.05) is 27.5 Å². The number of halogens is 2. The zero-order chi connectivity index (χ0) is 15.4. The van der Waals surface area contributed by atoms with E-state index in [2.05, 4.69) is 26.2 Å². The van der Waals surface area contributed by atoms with Crippen molar-refractivity contribution in [1.82, 2.24) is 4.98 Å². The van der Waals surface area contributed by atoms with Gasteiger partial charge in [0, 0.05) is 4.47 Å². The molecule has 0 saturated heterocycles. The summed E-state index contributed by atoms with van der Waals surface area (Å²) in [6, 6.07) is 6.86. The van der Waals surface area contributed by atoms with Crippen molar-refractivity contribution in [2.45, 2.75) is 6.92 Å². The van der Waals surface area contributed by atoms with Crippen LogP contribution >= 0.6 is 27.5 Å². The lowest BCUT2D eigenvalue weighted by molar-refractivity contribution is 0.0527. The first-order chi connectivity index (χ1) is 10.0. The van der Waals surface area contributed by atoms with Crippen LogP contribution in [0.1, 0.15) is 17.3 Å². The Kier molecular flexibility index (Phi) is 5.03. The molecule has 5 nitrogen and oxygen atoms in total. The Morgan fingerprint density at radius 2 is 2.24 bits per heavy atom. The van der Waals surface area contributed by atoms with Crippen molar-refractivity contribution in [1.29, 1.82) is 0 Å². The predicted molar refractivity (Wildman–Crippen MR) is 87.0 cm³/mol. The lowest BCUT2D eigenvalue weighted by Crippen LogP contribution is -2.10. The second-order valence-corrected chi connectivity index (χ2v) is 5.46. The van der Waals surface area contributed by atoms with Crippen LogP contribution in [0.2, 0.25) is 5.02 Å². The van der Waals surface area contributed by atoms with Gasteiger partial charge in [-0.15, -0.1) is 0 Å². The summed E-state index contributed by atoms with van der Waals surface area (Å²) in [5.41, 5.74) is 6.94. The molecule has 2 aromatic rings. The number of aromatic nitrogens is 1. The Hall–Kier alpha value is -1.79. The van der Waals surface area contributed by atoms with E-state index in [1.807, 2.05) is 6.07 Å². The quantitative estimate of drug-likeness (QED) is 0.795. The molecule has 0 aliphatic rings. The number of nitrogens with zero attached hydrogens (tertiary/aromatic N) is 1. The molecule has 0 aliphatic heterocycles. The van der Waals surface area contributed by atoms with Crippen LogP contribution in [-0.4, -0.2) is 17.6 Å². The number of nitrogens with two attached hydrogens (primary N) is 1. The highest BCUT2D eigenvalue weighted by Crippen LogP contribution is 2.29. The monoisotopic (exact) mass is 369 g/mol. The molecule has 0 saturated carbocycles. The highest BCUT2D eigenvalue weighted by atomic mass is 79.9. The molecule has 1 heterocycles. The number of rotatable bonds is 4. The SMILES string of the molecule is CCOC(=O)c1cc(N)cnc1Nc1ccc(Br)cc1Cl. The number of ether oxygens (including phenoxy) is 1. The lowest BCUT2D eigenvalue weighted by atomic mass is 10.2. The Morgan fingerprint density at radius 3 is 2.90 bits per heavy atom. The Labute approximate surface area is 135 Å². The number of nitrogens with one attached hydrogen (secondary N) is 1. The van der Waals surface area contributed by atoms with Crippen LogP contribution in [0.4, 0.5) is 17.2 Å². The summed E-state index contributed by atoms with van der Waals surface area (Å²) in [7, 11) is 0. The fourth-order valence-electron chi connectivity index (χ4n) is 1.66. The zero-order valence-electron chi connectivity index (χ0n) is 11.2. The van der Waals surface area contributed by atoms with E-state index in [1.54, 1.807) is 19.1 Å². The Balaban J connectivity index is 2.37. The van der Waals surface area contributed by atoms with Gasteiger partial charge in [0.2, 0.25) is 0 Å². The van der Waals surface area contributed by atoms with E-state index in [9.17, 15) is 4.79 Å². The molecule has 3 N–H and O–H groups in total. The molecule has 0 bridgehead atoms. The molecule has 2 rings (SSSR count). The van der Waals surface area contributed by atoms with Crippen molar-refractivity contribution >= 4 is 50.7 Å². The molecule has 0 spiro atoms. The molecule has 110 valence electrons. The van der Waals surface area contributed by atoms with Crippen LogP contribution in [0.25, 0.3) is 0 Å². The molecular formula is C14H13BrClN3O2. The molecule has 0 unspecified atom stereocenters. The summed E-state index contributed by atoms with van der Waals surface area (Å²) in [5, 5.41) is 3.51. The fourth-order valence-corrected chi connectivity index (χ4v) is 2.38. The average molecular weight is 371 g/mol. The summed E-state index contributed by atoms with van der Waals surface area (Å²) in [6.07, 6.45) is 1.46. The summed E-state index contributed by atoms with van der Waals surface area (Å²) >= 11 is 9.47. The van der Waals surface area contributed by atoms with Gasteiger partial charge < -0.3 is 15.8 Å². The minimum absolute atomic E-state index is 0.260. The molecule has 1 aromatic heterocycles. The average Bonchev–Trinajstić information content (AvgIpc) is 2.43. The molecule has 0 fully saturated rings. The van der Waals surface area contributed by atoms with Crippen molar-refractivity contribution in [2.75, 3.05) is 17.7 Å². The molecule has 0 amide bonds. The minimum Gasteiger partial charge on any atom is -0.462 e. The maximum absolute atomic E-state index is 11.9. The summed E-state index contributed by atoms with van der Waals surface area (Å²) in [5.74, 6) is -0.153. The van der Waals surface area contributed by atoms with Crippen LogP contribution < -0.4 is 11.1 Å². The van der Waals surface area contributed by atoms with Crippen molar-refractivity contribution in [3.8, 4) is 0 Å². The van der Waals surface area contributed by atoms with Gasteiger partial charge in [-0.05, 0) is 31.2 Å².